The fraction of sp³-hybridized carbons (Fsp3) is 0.350. The van der Waals surface area contributed by atoms with Crippen LogP contribution in [0.5, 0.6) is 17.2 Å². The molecular formula is C20H23N3O3S. The van der Waals surface area contributed by atoms with Crippen LogP contribution in [0.15, 0.2) is 42.5 Å². The number of hydrogen-bond donors (Lipinski definition) is 1. The van der Waals surface area contributed by atoms with Gasteiger partial charge in [-0.2, -0.15) is 0 Å². The van der Waals surface area contributed by atoms with E-state index in [4.69, 9.17) is 26.4 Å². The monoisotopic (exact) mass is 385 g/mol. The van der Waals surface area contributed by atoms with E-state index in [1.165, 1.54) is 5.56 Å². The smallest absolute Gasteiger partial charge is 0.231 e. The van der Waals surface area contributed by atoms with Crippen molar-refractivity contribution in [2.45, 2.75) is 6.54 Å². The van der Waals surface area contributed by atoms with Gasteiger partial charge in [-0.15, -0.1) is 0 Å². The number of ether oxygens (including phenoxy) is 3. The van der Waals surface area contributed by atoms with E-state index in [0.717, 1.165) is 60.8 Å². The molecule has 0 radical (unpaired) electrons. The molecule has 0 amide bonds. The van der Waals surface area contributed by atoms with Crippen molar-refractivity contribution in [1.29, 1.82) is 0 Å². The van der Waals surface area contributed by atoms with Gasteiger partial charge in [0.1, 0.15) is 5.75 Å². The largest absolute Gasteiger partial charge is 0.497 e. The van der Waals surface area contributed by atoms with Gasteiger partial charge >= 0.3 is 0 Å². The Morgan fingerprint density at radius 3 is 2.70 bits per heavy atom. The number of methoxy groups -OCH3 is 1. The second kappa shape index (κ2) is 8.02. The van der Waals surface area contributed by atoms with Gasteiger partial charge in [0, 0.05) is 44.5 Å². The molecule has 0 atom stereocenters. The fourth-order valence-corrected chi connectivity index (χ4v) is 3.62. The van der Waals surface area contributed by atoms with E-state index in [2.05, 4.69) is 27.2 Å². The molecule has 2 heterocycles. The average molecular weight is 385 g/mol. The second-order valence-corrected chi connectivity index (χ2v) is 7.00. The minimum Gasteiger partial charge on any atom is -0.497 e. The van der Waals surface area contributed by atoms with Gasteiger partial charge in [0.2, 0.25) is 6.79 Å². The topological polar surface area (TPSA) is 46.2 Å². The van der Waals surface area contributed by atoms with Crippen molar-refractivity contribution in [3.8, 4) is 17.2 Å². The summed E-state index contributed by atoms with van der Waals surface area (Å²) < 4.78 is 16.1. The first-order valence-electron chi connectivity index (χ1n) is 9.02. The minimum atomic E-state index is 0.276. The fourth-order valence-electron chi connectivity index (χ4n) is 3.31. The van der Waals surface area contributed by atoms with E-state index in [9.17, 15) is 0 Å². The molecule has 142 valence electrons. The predicted molar refractivity (Wildman–Crippen MR) is 109 cm³/mol. The Kier molecular flexibility index (Phi) is 5.31. The first kappa shape index (κ1) is 17.9. The lowest BCUT2D eigenvalue weighted by Crippen LogP contribution is -2.49. The lowest BCUT2D eigenvalue weighted by atomic mass is 10.2. The molecule has 0 aliphatic carbocycles. The standard InChI is InChI=1S/C20H23N3O3S/c1-24-17-4-2-3-15(11-17)13-22-7-9-23(10-8-22)20(27)21-16-5-6-18-19(12-16)26-14-25-18/h2-6,11-12H,7-10,13-14H2,1H3,(H,21,27). The van der Waals surface area contributed by atoms with E-state index in [1.807, 2.05) is 30.3 Å². The maximum atomic E-state index is 5.59. The summed E-state index contributed by atoms with van der Waals surface area (Å²) in [7, 11) is 1.70. The average Bonchev–Trinajstić information content (AvgIpc) is 3.16. The summed E-state index contributed by atoms with van der Waals surface area (Å²) in [6.07, 6.45) is 0. The van der Waals surface area contributed by atoms with E-state index in [0.29, 0.717) is 0 Å². The van der Waals surface area contributed by atoms with Crippen LogP contribution in [-0.4, -0.2) is 55.0 Å². The molecule has 1 fully saturated rings. The number of nitrogens with one attached hydrogen (secondary N) is 1. The molecule has 2 aliphatic heterocycles. The van der Waals surface area contributed by atoms with E-state index in [1.54, 1.807) is 7.11 Å². The molecular weight excluding hydrogens is 362 g/mol. The van der Waals surface area contributed by atoms with Gasteiger partial charge in [0.15, 0.2) is 16.6 Å². The lowest BCUT2D eigenvalue weighted by Gasteiger charge is -2.36. The molecule has 0 aromatic heterocycles. The predicted octanol–water partition coefficient (Wildman–Crippen LogP) is 2.94. The third kappa shape index (κ3) is 4.26. The Hall–Kier alpha value is -2.51. The molecule has 4 rings (SSSR count). The summed E-state index contributed by atoms with van der Waals surface area (Å²) in [6, 6.07) is 14.0. The normalized spacial score (nSPS) is 16.3. The van der Waals surface area contributed by atoms with Crippen molar-refractivity contribution < 1.29 is 14.2 Å². The molecule has 7 heteroatoms. The van der Waals surface area contributed by atoms with Gasteiger partial charge < -0.3 is 24.4 Å². The van der Waals surface area contributed by atoms with Crippen molar-refractivity contribution in [3.05, 3.63) is 48.0 Å². The Labute approximate surface area is 164 Å². The van der Waals surface area contributed by atoms with Crippen molar-refractivity contribution in [2.75, 3.05) is 45.4 Å². The Bertz CT molecular complexity index is 822. The third-order valence-corrected chi connectivity index (χ3v) is 5.18. The van der Waals surface area contributed by atoms with E-state index in [-0.39, 0.29) is 6.79 Å². The number of nitrogens with zero attached hydrogens (tertiary/aromatic N) is 2. The highest BCUT2D eigenvalue weighted by molar-refractivity contribution is 7.80. The van der Waals surface area contributed by atoms with Crippen molar-refractivity contribution in [3.63, 3.8) is 0 Å². The number of rotatable bonds is 4. The summed E-state index contributed by atoms with van der Waals surface area (Å²) in [5.41, 5.74) is 2.19. The minimum absolute atomic E-state index is 0.276. The molecule has 0 bridgehead atoms. The van der Waals surface area contributed by atoms with Crippen LogP contribution in [-0.2, 0) is 6.54 Å². The number of fused-ring (bicyclic) bond motifs is 1. The molecule has 0 saturated carbocycles. The number of anilines is 1. The van der Waals surface area contributed by atoms with Gasteiger partial charge in [-0.25, -0.2) is 0 Å². The Morgan fingerprint density at radius 1 is 1.07 bits per heavy atom. The van der Waals surface area contributed by atoms with Crippen LogP contribution in [0, 0.1) is 0 Å². The molecule has 2 aromatic rings. The quantitative estimate of drug-likeness (QED) is 0.812. The molecule has 0 spiro atoms. The SMILES string of the molecule is COc1cccc(CN2CCN(C(=S)Nc3ccc4c(c3)OCO4)CC2)c1. The molecule has 2 aromatic carbocycles. The van der Waals surface area contributed by atoms with Gasteiger partial charge in [-0.3, -0.25) is 4.90 Å². The first-order valence-corrected chi connectivity index (χ1v) is 9.43. The second-order valence-electron chi connectivity index (χ2n) is 6.61. The zero-order valence-corrected chi connectivity index (χ0v) is 16.1. The number of hydrogen-bond acceptors (Lipinski definition) is 5. The van der Waals surface area contributed by atoms with Gasteiger partial charge in [-0.1, -0.05) is 12.1 Å². The number of piperazine rings is 1. The van der Waals surface area contributed by atoms with Crippen molar-refractivity contribution >= 4 is 23.0 Å². The summed E-state index contributed by atoms with van der Waals surface area (Å²) >= 11 is 5.59. The zero-order chi connectivity index (χ0) is 18.6. The van der Waals surface area contributed by atoms with Gasteiger partial charge in [0.25, 0.3) is 0 Å². The van der Waals surface area contributed by atoms with Crippen molar-refractivity contribution in [2.24, 2.45) is 0 Å². The van der Waals surface area contributed by atoms with Crippen molar-refractivity contribution in [1.82, 2.24) is 9.80 Å². The maximum Gasteiger partial charge on any atom is 0.231 e. The summed E-state index contributed by atoms with van der Waals surface area (Å²) in [4.78, 5) is 4.65. The van der Waals surface area contributed by atoms with Crippen LogP contribution in [0.3, 0.4) is 0 Å². The molecule has 27 heavy (non-hydrogen) atoms. The highest BCUT2D eigenvalue weighted by atomic mass is 32.1. The van der Waals surface area contributed by atoms with Crippen LogP contribution in [0.25, 0.3) is 0 Å². The lowest BCUT2D eigenvalue weighted by molar-refractivity contribution is 0.174. The maximum absolute atomic E-state index is 5.59. The highest BCUT2D eigenvalue weighted by Crippen LogP contribution is 2.34. The number of benzene rings is 2. The van der Waals surface area contributed by atoms with E-state index >= 15 is 0 Å². The molecule has 1 saturated heterocycles. The zero-order valence-electron chi connectivity index (χ0n) is 15.3. The van der Waals surface area contributed by atoms with Crippen LogP contribution in [0.1, 0.15) is 5.56 Å². The number of thiocarbonyl (C=S) groups is 1. The Balaban J connectivity index is 1.29. The highest BCUT2D eigenvalue weighted by Gasteiger charge is 2.20. The Morgan fingerprint density at radius 2 is 1.89 bits per heavy atom. The van der Waals surface area contributed by atoms with Crippen LogP contribution in [0.2, 0.25) is 0 Å². The summed E-state index contributed by atoms with van der Waals surface area (Å²) in [6.45, 7) is 4.95. The van der Waals surface area contributed by atoms with Crippen LogP contribution >= 0.6 is 12.2 Å². The summed E-state index contributed by atoms with van der Waals surface area (Å²) in [5.74, 6) is 2.43. The molecule has 1 N–H and O–H groups in total. The van der Waals surface area contributed by atoms with Gasteiger partial charge in [-0.05, 0) is 42.0 Å². The first-order chi connectivity index (χ1) is 13.2. The third-order valence-electron chi connectivity index (χ3n) is 4.82. The van der Waals surface area contributed by atoms with Gasteiger partial charge in [0.05, 0.1) is 7.11 Å². The van der Waals surface area contributed by atoms with Crippen LogP contribution in [0.4, 0.5) is 5.69 Å². The van der Waals surface area contributed by atoms with E-state index < -0.39 is 0 Å². The molecule has 6 nitrogen and oxygen atoms in total. The summed E-state index contributed by atoms with van der Waals surface area (Å²) in [5, 5.41) is 4.05. The molecule has 2 aliphatic rings. The van der Waals surface area contributed by atoms with Crippen LogP contribution < -0.4 is 19.5 Å². The molecule has 0 unspecified atom stereocenters.